The van der Waals surface area contributed by atoms with E-state index in [0.29, 0.717) is 24.6 Å². The lowest BCUT2D eigenvalue weighted by Gasteiger charge is -2.14. The summed E-state index contributed by atoms with van der Waals surface area (Å²) in [6.07, 6.45) is 4.83. The molecule has 4 aromatic rings. The summed E-state index contributed by atoms with van der Waals surface area (Å²) in [4.78, 5) is 25.9. The molecule has 4 rings (SSSR count). The van der Waals surface area contributed by atoms with Crippen molar-refractivity contribution in [2.45, 2.75) is 18.9 Å². The number of hydrogen-bond donors (Lipinski definition) is 4. The van der Waals surface area contributed by atoms with Crippen LogP contribution in [0.15, 0.2) is 85.2 Å². The fraction of sp³-hybridized carbons (Fsp3) is 0.154. The molecule has 2 aromatic carbocycles. The molecular formula is C26H28BN7O. The molecule has 176 valence electrons. The number of benzene rings is 2. The first-order chi connectivity index (χ1) is 17.1. The third-order valence-corrected chi connectivity index (χ3v) is 5.39. The molecule has 0 saturated heterocycles. The van der Waals surface area contributed by atoms with Crippen LogP contribution < -0.4 is 27.1 Å². The molecule has 0 radical (unpaired) electrons. The summed E-state index contributed by atoms with van der Waals surface area (Å²) >= 11 is 0. The Morgan fingerprint density at radius 2 is 1.77 bits per heavy atom. The summed E-state index contributed by atoms with van der Waals surface area (Å²) in [5, 5.41) is 9.45. The normalized spacial score (nSPS) is 11.5. The lowest BCUT2D eigenvalue weighted by atomic mass is 9.99. The van der Waals surface area contributed by atoms with E-state index in [0.717, 1.165) is 34.6 Å². The van der Waals surface area contributed by atoms with Gasteiger partial charge >= 0.3 is 0 Å². The predicted octanol–water partition coefficient (Wildman–Crippen LogP) is 2.04. The fourth-order valence-electron chi connectivity index (χ4n) is 3.54. The average Bonchev–Trinajstić information content (AvgIpc) is 2.87. The molecule has 0 aliphatic carbocycles. The Balaban J connectivity index is 1.35. The summed E-state index contributed by atoms with van der Waals surface area (Å²) < 4.78 is 0. The number of nitrogens with one attached hydrogen (secondary N) is 3. The number of nitrogens with two attached hydrogens (primary N) is 1. The number of anilines is 4. The Morgan fingerprint density at radius 3 is 2.57 bits per heavy atom. The van der Waals surface area contributed by atoms with E-state index in [4.69, 9.17) is 5.73 Å². The van der Waals surface area contributed by atoms with Gasteiger partial charge in [0.1, 0.15) is 13.7 Å². The highest BCUT2D eigenvalue weighted by molar-refractivity contribution is 6.35. The summed E-state index contributed by atoms with van der Waals surface area (Å²) in [7, 11) is 1.96. The van der Waals surface area contributed by atoms with Crippen LogP contribution in [-0.2, 0) is 17.6 Å². The van der Waals surface area contributed by atoms with Crippen molar-refractivity contribution in [3.63, 3.8) is 0 Å². The topological polar surface area (TPSA) is 118 Å². The molecule has 8 nitrogen and oxygen atoms in total. The second-order valence-corrected chi connectivity index (χ2v) is 8.21. The smallest absolute Gasteiger partial charge is 0.241 e. The van der Waals surface area contributed by atoms with E-state index in [9.17, 15) is 4.79 Å². The largest absolute Gasteiger partial charge is 0.370 e. The minimum absolute atomic E-state index is 0.239. The van der Waals surface area contributed by atoms with Crippen LogP contribution in [0, 0.1) is 0 Å². The predicted molar refractivity (Wildman–Crippen MR) is 143 cm³/mol. The van der Waals surface area contributed by atoms with E-state index in [-0.39, 0.29) is 5.91 Å². The molecule has 0 spiro atoms. The van der Waals surface area contributed by atoms with E-state index in [1.54, 1.807) is 12.4 Å². The van der Waals surface area contributed by atoms with Crippen LogP contribution in [-0.4, -0.2) is 41.3 Å². The highest BCUT2D eigenvalue weighted by Crippen LogP contribution is 2.19. The minimum atomic E-state index is -0.644. The van der Waals surface area contributed by atoms with Crippen LogP contribution in [0.1, 0.15) is 11.3 Å². The zero-order chi connectivity index (χ0) is 24.5. The van der Waals surface area contributed by atoms with Crippen molar-refractivity contribution in [2.75, 3.05) is 22.5 Å². The highest BCUT2D eigenvalue weighted by atomic mass is 16.2. The zero-order valence-corrected chi connectivity index (χ0v) is 19.6. The lowest BCUT2D eigenvalue weighted by molar-refractivity contribution is -0.117. The van der Waals surface area contributed by atoms with Gasteiger partial charge in [-0.1, -0.05) is 42.5 Å². The van der Waals surface area contributed by atoms with Crippen LogP contribution in [0.2, 0.25) is 0 Å². The van der Waals surface area contributed by atoms with Crippen molar-refractivity contribution in [2.24, 2.45) is 5.73 Å². The first-order valence-corrected chi connectivity index (χ1v) is 11.5. The van der Waals surface area contributed by atoms with Gasteiger partial charge in [-0.3, -0.25) is 9.78 Å². The average molecular weight is 465 g/mol. The molecule has 35 heavy (non-hydrogen) atoms. The number of aromatic nitrogens is 3. The quantitative estimate of drug-likeness (QED) is 0.265. The Hall–Kier alpha value is -4.24. The van der Waals surface area contributed by atoms with Crippen molar-refractivity contribution in [1.82, 2.24) is 15.0 Å². The summed E-state index contributed by atoms with van der Waals surface area (Å²) in [6, 6.07) is 22.3. The Kier molecular flexibility index (Phi) is 8.03. The van der Waals surface area contributed by atoms with Crippen molar-refractivity contribution in [1.29, 1.82) is 0 Å². The molecule has 0 fully saturated rings. The molecule has 2 heterocycles. The number of nitrogens with zero attached hydrogens (tertiary/aromatic N) is 3. The van der Waals surface area contributed by atoms with Crippen molar-refractivity contribution < 1.29 is 4.79 Å². The Labute approximate surface area is 205 Å². The zero-order valence-electron chi connectivity index (χ0n) is 19.6. The van der Waals surface area contributed by atoms with Gasteiger partial charge in [0.25, 0.3) is 0 Å². The number of pyridine rings is 1. The summed E-state index contributed by atoms with van der Waals surface area (Å²) in [6.45, 7) is 0.707. The Morgan fingerprint density at radius 1 is 0.971 bits per heavy atom. The minimum Gasteiger partial charge on any atom is -0.370 e. The van der Waals surface area contributed by atoms with Gasteiger partial charge in [-0.25, -0.2) is 4.98 Å². The number of carbonyl (C=O) groups excluding carboxylic acids is 1. The highest BCUT2D eigenvalue weighted by Gasteiger charge is 2.14. The van der Waals surface area contributed by atoms with Gasteiger partial charge in [-0.2, -0.15) is 4.98 Å². The van der Waals surface area contributed by atoms with Gasteiger partial charge in [0.15, 0.2) is 0 Å². The van der Waals surface area contributed by atoms with Crippen LogP contribution in [0.4, 0.5) is 23.1 Å². The molecule has 2 aromatic heterocycles. The second kappa shape index (κ2) is 11.8. The number of amides is 1. The number of hydrogen-bond acceptors (Lipinski definition) is 7. The summed E-state index contributed by atoms with van der Waals surface area (Å²) in [5.41, 5.74) is 10.5. The molecule has 0 saturated carbocycles. The van der Waals surface area contributed by atoms with E-state index in [2.05, 4.69) is 30.9 Å². The van der Waals surface area contributed by atoms with Crippen LogP contribution in [0.5, 0.6) is 0 Å². The maximum absolute atomic E-state index is 12.6. The lowest BCUT2D eigenvalue weighted by Crippen LogP contribution is -2.37. The second-order valence-electron chi connectivity index (χ2n) is 8.21. The van der Waals surface area contributed by atoms with Crippen LogP contribution >= 0.6 is 0 Å². The standard InChI is InChI=1S/C26H28BN7O/c27-22-17-31-26(34-24(22)30-14-12-19-9-4-5-13-29-19)33-21-11-6-10-20(16-21)32-25(35)23(28)15-18-7-2-1-3-8-18/h1-11,13,16-17,23H,12,14-15,27-28H2,(H,32,35)(H2,30,31,33,34). The maximum atomic E-state index is 12.6. The first-order valence-electron chi connectivity index (χ1n) is 11.5. The molecule has 9 heteroatoms. The number of rotatable bonds is 10. The maximum Gasteiger partial charge on any atom is 0.241 e. The molecule has 0 bridgehead atoms. The number of carbonyl (C=O) groups is 1. The van der Waals surface area contributed by atoms with E-state index in [1.165, 1.54) is 0 Å². The van der Waals surface area contributed by atoms with Gasteiger partial charge in [0.05, 0.1) is 6.04 Å². The molecule has 0 aliphatic rings. The van der Waals surface area contributed by atoms with Gasteiger partial charge in [0, 0.05) is 42.4 Å². The van der Waals surface area contributed by atoms with Gasteiger partial charge in [-0.15, -0.1) is 0 Å². The third-order valence-electron chi connectivity index (χ3n) is 5.39. The van der Waals surface area contributed by atoms with E-state index in [1.807, 2.05) is 80.6 Å². The first kappa shape index (κ1) is 23.9. The monoisotopic (exact) mass is 465 g/mol. The third kappa shape index (κ3) is 7.12. The van der Waals surface area contributed by atoms with Crippen LogP contribution in [0.3, 0.4) is 0 Å². The van der Waals surface area contributed by atoms with Gasteiger partial charge in [-0.05, 0) is 47.8 Å². The van der Waals surface area contributed by atoms with Crippen LogP contribution in [0.25, 0.3) is 0 Å². The molecule has 1 amide bonds. The van der Waals surface area contributed by atoms with Gasteiger partial charge < -0.3 is 21.7 Å². The molecule has 0 aliphatic heterocycles. The van der Waals surface area contributed by atoms with Crippen molar-refractivity contribution in [3.05, 3.63) is 96.4 Å². The molecule has 1 unspecified atom stereocenters. The Bertz CT molecular complexity index is 1260. The van der Waals surface area contributed by atoms with Crippen molar-refractivity contribution in [3.8, 4) is 0 Å². The van der Waals surface area contributed by atoms with E-state index < -0.39 is 6.04 Å². The van der Waals surface area contributed by atoms with Gasteiger partial charge in [0.2, 0.25) is 11.9 Å². The molecular weight excluding hydrogens is 437 g/mol. The molecule has 5 N–H and O–H groups in total. The van der Waals surface area contributed by atoms with E-state index >= 15 is 0 Å². The summed E-state index contributed by atoms with van der Waals surface area (Å²) in [5.74, 6) is 0.979. The molecule has 1 atom stereocenters. The fourth-order valence-corrected chi connectivity index (χ4v) is 3.54. The van der Waals surface area contributed by atoms with Crippen molar-refractivity contribution >= 4 is 42.4 Å². The SMILES string of the molecule is Bc1cnc(Nc2cccc(NC(=O)C(N)Cc3ccccc3)c2)nc1NCCc1ccccn1.